The van der Waals surface area contributed by atoms with Crippen molar-refractivity contribution in [3.8, 4) is 5.75 Å². The van der Waals surface area contributed by atoms with Gasteiger partial charge in [0.2, 0.25) is 5.91 Å². The fourth-order valence-corrected chi connectivity index (χ4v) is 4.81. The molecule has 8 heteroatoms. The van der Waals surface area contributed by atoms with E-state index in [4.69, 9.17) is 4.74 Å². The number of imide groups is 1. The number of ether oxygens (including phenoxy) is 1. The molecule has 1 aromatic carbocycles. The molecule has 1 atom stereocenters. The molecular weight excluding hydrogens is 420 g/mol. The van der Waals surface area contributed by atoms with Crippen LogP contribution in [0.5, 0.6) is 5.75 Å². The van der Waals surface area contributed by atoms with E-state index in [0.29, 0.717) is 22.9 Å². The molecule has 1 unspecified atom stereocenters. The first-order valence-corrected chi connectivity index (χ1v) is 11.3. The molecule has 3 heterocycles. The molecule has 3 amide bonds. The van der Waals surface area contributed by atoms with Gasteiger partial charge in [0.15, 0.2) is 0 Å². The lowest BCUT2D eigenvalue weighted by Crippen LogP contribution is -2.44. The van der Waals surface area contributed by atoms with Crippen molar-refractivity contribution < 1.29 is 19.1 Å². The van der Waals surface area contributed by atoms with Crippen LogP contribution in [0.25, 0.3) is 0 Å². The lowest BCUT2D eigenvalue weighted by molar-refractivity contribution is -0.122. The Hall–Kier alpha value is -2.97. The molecule has 1 saturated heterocycles. The van der Waals surface area contributed by atoms with E-state index < -0.39 is 6.04 Å². The number of thiophene rings is 2. The minimum absolute atomic E-state index is 0.0332. The largest absolute Gasteiger partial charge is 0.494 e. The van der Waals surface area contributed by atoms with Crippen LogP contribution in [-0.2, 0) is 16.1 Å². The maximum atomic E-state index is 13.3. The van der Waals surface area contributed by atoms with E-state index in [9.17, 15) is 14.4 Å². The van der Waals surface area contributed by atoms with E-state index in [1.807, 2.05) is 29.8 Å². The number of carbonyl (C=O) groups excluding carboxylic acids is 3. The Morgan fingerprint density at radius 3 is 2.47 bits per heavy atom. The topological polar surface area (TPSA) is 66.9 Å². The maximum Gasteiger partial charge on any atom is 0.264 e. The third-order valence-electron chi connectivity index (χ3n) is 4.80. The smallest absolute Gasteiger partial charge is 0.264 e. The molecule has 0 aliphatic carbocycles. The van der Waals surface area contributed by atoms with Crippen molar-refractivity contribution in [1.82, 2.24) is 4.90 Å². The Morgan fingerprint density at radius 1 is 1.10 bits per heavy atom. The molecule has 3 aromatic rings. The number of hydrogen-bond donors (Lipinski definition) is 0. The van der Waals surface area contributed by atoms with Gasteiger partial charge in [-0.25, -0.2) is 4.90 Å². The second-order valence-corrected chi connectivity index (χ2v) is 8.68. The number of nitrogens with zero attached hydrogens (tertiary/aromatic N) is 2. The van der Waals surface area contributed by atoms with Crippen LogP contribution in [0.1, 0.15) is 27.9 Å². The number of amides is 3. The minimum Gasteiger partial charge on any atom is -0.494 e. The minimum atomic E-state index is -0.833. The quantitative estimate of drug-likeness (QED) is 0.517. The zero-order chi connectivity index (χ0) is 21.1. The highest BCUT2D eigenvalue weighted by atomic mass is 32.1. The average Bonchev–Trinajstić information content (AvgIpc) is 3.49. The fourth-order valence-electron chi connectivity index (χ4n) is 3.42. The molecule has 1 aliphatic rings. The molecule has 1 fully saturated rings. The first kappa shape index (κ1) is 20.3. The Balaban J connectivity index is 1.62. The van der Waals surface area contributed by atoms with Crippen LogP contribution < -0.4 is 9.64 Å². The average molecular weight is 441 g/mol. The Labute approximate surface area is 182 Å². The van der Waals surface area contributed by atoms with E-state index in [0.717, 1.165) is 4.88 Å². The molecule has 30 heavy (non-hydrogen) atoms. The Bertz CT molecular complexity index is 1030. The summed E-state index contributed by atoms with van der Waals surface area (Å²) in [5.41, 5.74) is 0.482. The summed E-state index contributed by atoms with van der Waals surface area (Å²) in [6.07, 6.45) is -0.0332. The molecule has 0 N–H and O–H groups in total. The van der Waals surface area contributed by atoms with Crippen molar-refractivity contribution in [3.05, 3.63) is 69.0 Å². The monoisotopic (exact) mass is 440 g/mol. The summed E-state index contributed by atoms with van der Waals surface area (Å²) in [4.78, 5) is 43.4. The SMILES string of the molecule is CCOc1ccc(N2C(=O)CC(N(Cc3cccs3)C(=O)c3cccs3)C2=O)cc1. The van der Waals surface area contributed by atoms with Crippen LogP contribution in [-0.4, -0.2) is 35.3 Å². The van der Waals surface area contributed by atoms with Gasteiger partial charge in [-0.3, -0.25) is 14.4 Å². The van der Waals surface area contributed by atoms with E-state index in [1.54, 1.807) is 36.4 Å². The van der Waals surface area contributed by atoms with Crippen LogP contribution in [0.4, 0.5) is 5.69 Å². The van der Waals surface area contributed by atoms with Crippen molar-refractivity contribution >= 4 is 46.1 Å². The summed E-state index contributed by atoms with van der Waals surface area (Å²) in [6.45, 7) is 2.71. The first-order valence-electron chi connectivity index (χ1n) is 9.55. The van der Waals surface area contributed by atoms with Crippen LogP contribution in [0.2, 0.25) is 0 Å². The van der Waals surface area contributed by atoms with Crippen molar-refractivity contribution in [2.75, 3.05) is 11.5 Å². The molecular formula is C22H20N2O4S2. The van der Waals surface area contributed by atoms with Gasteiger partial charge in [0.25, 0.3) is 11.8 Å². The van der Waals surface area contributed by atoms with Crippen LogP contribution in [0.15, 0.2) is 59.3 Å². The molecule has 1 aliphatic heterocycles. The zero-order valence-corrected chi connectivity index (χ0v) is 17.9. The van der Waals surface area contributed by atoms with Gasteiger partial charge in [0.1, 0.15) is 11.8 Å². The van der Waals surface area contributed by atoms with Crippen LogP contribution in [0.3, 0.4) is 0 Å². The zero-order valence-electron chi connectivity index (χ0n) is 16.3. The summed E-state index contributed by atoms with van der Waals surface area (Å²) < 4.78 is 5.43. The van der Waals surface area contributed by atoms with Crippen molar-refractivity contribution in [1.29, 1.82) is 0 Å². The van der Waals surface area contributed by atoms with Gasteiger partial charge in [-0.1, -0.05) is 12.1 Å². The highest BCUT2D eigenvalue weighted by molar-refractivity contribution is 7.12. The Kier molecular flexibility index (Phi) is 5.96. The molecule has 154 valence electrons. The molecule has 0 radical (unpaired) electrons. The van der Waals surface area contributed by atoms with Gasteiger partial charge >= 0.3 is 0 Å². The predicted molar refractivity (Wildman–Crippen MR) is 117 cm³/mol. The second-order valence-electron chi connectivity index (χ2n) is 6.70. The van der Waals surface area contributed by atoms with Crippen LogP contribution >= 0.6 is 22.7 Å². The van der Waals surface area contributed by atoms with Gasteiger partial charge in [-0.05, 0) is 54.1 Å². The highest BCUT2D eigenvalue weighted by Crippen LogP contribution is 2.30. The summed E-state index contributed by atoms with van der Waals surface area (Å²) in [5.74, 6) is -0.267. The Morgan fingerprint density at radius 2 is 1.83 bits per heavy atom. The molecule has 0 saturated carbocycles. The number of benzene rings is 1. The summed E-state index contributed by atoms with van der Waals surface area (Å²) in [5, 5.41) is 3.75. The third-order valence-corrected chi connectivity index (χ3v) is 6.52. The number of rotatable bonds is 7. The number of hydrogen-bond acceptors (Lipinski definition) is 6. The highest BCUT2D eigenvalue weighted by Gasteiger charge is 2.44. The normalized spacial score (nSPS) is 16.2. The lowest BCUT2D eigenvalue weighted by Gasteiger charge is -2.27. The third kappa shape index (κ3) is 4.01. The van der Waals surface area contributed by atoms with Crippen molar-refractivity contribution in [3.63, 3.8) is 0 Å². The molecule has 6 nitrogen and oxygen atoms in total. The number of anilines is 1. The van der Waals surface area contributed by atoms with E-state index in [-0.39, 0.29) is 30.7 Å². The summed E-state index contributed by atoms with van der Waals surface area (Å²) in [6, 6.07) is 13.4. The molecule has 0 bridgehead atoms. The first-order chi connectivity index (χ1) is 14.6. The van der Waals surface area contributed by atoms with E-state index in [1.165, 1.54) is 32.5 Å². The lowest BCUT2D eigenvalue weighted by atomic mass is 10.2. The maximum absolute atomic E-state index is 13.3. The summed E-state index contributed by atoms with van der Waals surface area (Å²) >= 11 is 2.84. The number of carbonyl (C=O) groups is 3. The van der Waals surface area contributed by atoms with Gasteiger partial charge in [0, 0.05) is 4.88 Å². The van der Waals surface area contributed by atoms with Gasteiger partial charge in [-0.2, -0.15) is 0 Å². The van der Waals surface area contributed by atoms with Gasteiger partial charge < -0.3 is 9.64 Å². The van der Waals surface area contributed by atoms with E-state index >= 15 is 0 Å². The van der Waals surface area contributed by atoms with Crippen molar-refractivity contribution in [2.45, 2.75) is 25.9 Å². The standard InChI is InChI=1S/C22H20N2O4S2/c1-2-28-16-9-7-15(8-10-16)24-20(25)13-18(21(24)26)23(14-17-5-3-11-29-17)22(27)19-6-4-12-30-19/h3-12,18H,2,13-14H2,1H3. The van der Waals surface area contributed by atoms with Crippen molar-refractivity contribution in [2.24, 2.45) is 0 Å². The van der Waals surface area contributed by atoms with Gasteiger partial charge in [-0.15, -0.1) is 22.7 Å². The van der Waals surface area contributed by atoms with E-state index in [2.05, 4.69) is 0 Å². The second kappa shape index (κ2) is 8.81. The molecule has 2 aromatic heterocycles. The molecule has 4 rings (SSSR count). The fraction of sp³-hybridized carbons (Fsp3) is 0.227. The van der Waals surface area contributed by atoms with Crippen LogP contribution in [0, 0.1) is 0 Å². The molecule has 0 spiro atoms. The predicted octanol–water partition coefficient (Wildman–Crippen LogP) is 4.18. The summed E-state index contributed by atoms with van der Waals surface area (Å²) in [7, 11) is 0. The van der Waals surface area contributed by atoms with Gasteiger partial charge in [0.05, 0.1) is 30.1 Å².